The van der Waals surface area contributed by atoms with Crippen LogP contribution < -0.4 is 26.0 Å². The van der Waals surface area contributed by atoms with E-state index in [1.54, 1.807) is 0 Å². The minimum absolute atomic E-state index is 0.0723. The Morgan fingerprint density at radius 2 is 1.50 bits per heavy atom. The molecule has 4 heteroatoms. The van der Waals surface area contributed by atoms with Gasteiger partial charge in [0, 0.05) is 37.2 Å². The van der Waals surface area contributed by atoms with Crippen molar-refractivity contribution in [3.8, 4) is 11.5 Å². The molecule has 220 valence electrons. The zero-order chi connectivity index (χ0) is 30.8. The van der Waals surface area contributed by atoms with E-state index in [0.29, 0.717) is 0 Å². The van der Waals surface area contributed by atoms with Crippen LogP contribution in [-0.2, 0) is 6.42 Å². The first-order chi connectivity index (χ1) is 22.7. The summed E-state index contributed by atoms with van der Waals surface area (Å²) in [5.41, 5.74) is 9.97. The Morgan fingerprint density at radius 1 is 0.717 bits per heavy atom. The van der Waals surface area contributed by atoms with Crippen molar-refractivity contribution in [1.29, 1.82) is 0 Å². The number of fused-ring (bicyclic) bond motifs is 9. The number of anilines is 2. The number of rotatable bonds is 5. The van der Waals surface area contributed by atoms with Crippen molar-refractivity contribution in [1.82, 2.24) is 0 Å². The van der Waals surface area contributed by atoms with Crippen molar-refractivity contribution in [2.75, 3.05) is 4.90 Å². The largest absolute Gasteiger partial charge is 0.458 e. The van der Waals surface area contributed by atoms with E-state index in [1.807, 2.05) is 11.3 Å². The minimum atomic E-state index is 0.0723. The molecule has 2 aliphatic rings. The van der Waals surface area contributed by atoms with Crippen molar-refractivity contribution in [3.63, 3.8) is 0 Å². The average molecular weight is 610 g/mol. The smallest absolute Gasteiger partial charge is 0.257 e. The third-order valence-corrected chi connectivity index (χ3v) is 10.7. The van der Waals surface area contributed by atoms with Gasteiger partial charge in [0.25, 0.3) is 6.71 Å². The highest BCUT2D eigenvalue weighted by Gasteiger charge is 2.42. The molecule has 0 unspecified atom stereocenters. The third-order valence-electron chi connectivity index (χ3n) is 9.59. The van der Waals surface area contributed by atoms with E-state index in [9.17, 15) is 0 Å². The van der Waals surface area contributed by atoms with Gasteiger partial charge in [0.15, 0.2) is 0 Å². The molecule has 0 saturated heterocycles. The van der Waals surface area contributed by atoms with Crippen LogP contribution in [0.25, 0.3) is 30.9 Å². The third kappa shape index (κ3) is 4.17. The van der Waals surface area contributed by atoms with Crippen molar-refractivity contribution < 1.29 is 4.74 Å². The summed E-state index contributed by atoms with van der Waals surface area (Å²) in [5, 5.41) is 5.24. The fraction of sp³-hybridized carbons (Fsp3) is 0.0952. The van der Waals surface area contributed by atoms with Crippen molar-refractivity contribution in [2.24, 2.45) is 0 Å². The van der Waals surface area contributed by atoms with Crippen LogP contribution in [0.1, 0.15) is 31.4 Å². The van der Waals surface area contributed by atoms with Gasteiger partial charge in [0.05, 0.1) is 0 Å². The lowest BCUT2D eigenvalue weighted by molar-refractivity contribution is 0.487. The molecule has 3 heterocycles. The normalized spacial score (nSPS) is 13.7. The van der Waals surface area contributed by atoms with Crippen LogP contribution in [0, 0.1) is 0 Å². The van der Waals surface area contributed by atoms with Crippen LogP contribution in [0.5, 0.6) is 11.5 Å². The van der Waals surface area contributed by atoms with Crippen LogP contribution in [0.2, 0.25) is 0 Å². The molecule has 0 spiro atoms. The molecule has 0 atom stereocenters. The number of hydrogen-bond acceptors (Lipinski definition) is 3. The van der Waals surface area contributed by atoms with Crippen LogP contribution >= 0.6 is 11.3 Å². The molecule has 46 heavy (non-hydrogen) atoms. The maximum absolute atomic E-state index is 6.83. The average Bonchev–Trinajstić information content (AvgIpc) is 3.47. The van der Waals surface area contributed by atoms with Gasteiger partial charge in [0.1, 0.15) is 11.5 Å². The van der Waals surface area contributed by atoms with E-state index in [0.717, 1.165) is 24.3 Å². The van der Waals surface area contributed by atoms with Gasteiger partial charge in [0.2, 0.25) is 0 Å². The van der Waals surface area contributed by atoms with Crippen LogP contribution in [0.3, 0.4) is 0 Å². The molecule has 7 aromatic rings. The Bertz CT molecular complexity index is 2400. The van der Waals surface area contributed by atoms with Crippen LogP contribution in [0.15, 0.2) is 139 Å². The summed E-state index contributed by atoms with van der Waals surface area (Å²) in [6, 6.07) is 42.5. The highest BCUT2D eigenvalue weighted by atomic mass is 32.1. The summed E-state index contributed by atoms with van der Waals surface area (Å²) in [6.45, 7) is 4.38. The van der Waals surface area contributed by atoms with Gasteiger partial charge in [-0.25, -0.2) is 0 Å². The number of allylic oxidation sites excluding steroid dienone is 3. The van der Waals surface area contributed by atoms with E-state index in [1.165, 1.54) is 75.5 Å². The topological polar surface area (TPSA) is 12.5 Å². The summed E-state index contributed by atoms with van der Waals surface area (Å²) in [5.74, 6) is 1.90. The van der Waals surface area contributed by atoms with E-state index in [2.05, 4.69) is 152 Å². The van der Waals surface area contributed by atoms with E-state index in [4.69, 9.17) is 4.74 Å². The first-order valence-corrected chi connectivity index (χ1v) is 17.0. The number of hydrogen-bond donors (Lipinski definition) is 0. The lowest BCUT2D eigenvalue weighted by Gasteiger charge is -2.41. The second-order valence-electron chi connectivity index (χ2n) is 12.3. The highest BCUT2D eigenvalue weighted by molar-refractivity contribution is 7.25. The molecule has 2 nitrogen and oxygen atoms in total. The summed E-state index contributed by atoms with van der Waals surface area (Å²) in [6.07, 6.45) is 8.55. The Balaban J connectivity index is 1.19. The van der Waals surface area contributed by atoms with Gasteiger partial charge in [-0.05, 0) is 107 Å². The Morgan fingerprint density at radius 3 is 2.39 bits per heavy atom. The predicted octanol–water partition coefficient (Wildman–Crippen LogP) is 9.74. The molecule has 9 rings (SSSR count). The van der Waals surface area contributed by atoms with Gasteiger partial charge in [-0.15, -0.1) is 11.3 Å². The molecule has 6 aromatic carbocycles. The van der Waals surface area contributed by atoms with Gasteiger partial charge in [-0.2, -0.15) is 0 Å². The van der Waals surface area contributed by atoms with Crippen LogP contribution in [-0.4, -0.2) is 6.71 Å². The zero-order valence-corrected chi connectivity index (χ0v) is 26.8. The van der Waals surface area contributed by atoms with E-state index < -0.39 is 0 Å². The summed E-state index contributed by atoms with van der Waals surface area (Å²) in [4.78, 5) is 2.43. The molecule has 1 aromatic heterocycles. The summed E-state index contributed by atoms with van der Waals surface area (Å²) in [7, 11) is 0. The number of ether oxygens (including phenoxy) is 1. The first-order valence-electron chi connectivity index (χ1n) is 16.2. The van der Waals surface area contributed by atoms with Gasteiger partial charge in [-0.1, -0.05) is 91.9 Å². The first kappa shape index (κ1) is 27.3. The predicted molar refractivity (Wildman–Crippen MR) is 199 cm³/mol. The maximum atomic E-state index is 6.83. The quantitative estimate of drug-likeness (QED) is 0.142. The molecule has 0 bridgehead atoms. The molecule has 0 fully saturated rings. The molecule has 0 aliphatic carbocycles. The van der Waals surface area contributed by atoms with Crippen molar-refractivity contribution in [2.45, 2.75) is 26.7 Å². The van der Waals surface area contributed by atoms with E-state index in [-0.39, 0.29) is 6.71 Å². The van der Waals surface area contributed by atoms with Gasteiger partial charge >= 0.3 is 0 Å². The monoisotopic (exact) mass is 609 g/mol. The molecule has 2 aliphatic heterocycles. The SMILES string of the molecule is C/C=C(\C=C/CC)N1c2cccc3c2B(c2ccc(Cc4ccc5sc6ccccc6c5c4)cc2O3)c2c1ccc1ccccc21. The fourth-order valence-electron chi connectivity index (χ4n) is 7.54. The maximum Gasteiger partial charge on any atom is 0.257 e. The fourth-order valence-corrected chi connectivity index (χ4v) is 8.63. The molecule has 0 N–H and O–H groups in total. The minimum Gasteiger partial charge on any atom is -0.458 e. The zero-order valence-electron chi connectivity index (χ0n) is 26.0. The van der Waals surface area contributed by atoms with E-state index >= 15 is 0 Å². The summed E-state index contributed by atoms with van der Waals surface area (Å²) >= 11 is 1.87. The number of nitrogens with zero attached hydrogens (tertiary/aromatic N) is 1. The highest BCUT2D eigenvalue weighted by Crippen LogP contribution is 2.40. The van der Waals surface area contributed by atoms with Gasteiger partial charge < -0.3 is 9.64 Å². The Hall–Kier alpha value is -5.06. The molecular weight excluding hydrogens is 577 g/mol. The molecule has 0 radical (unpaired) electrons. The second-order valence-corrected chi connectivity index (χ2v) is 13.4. The lowest BCUT2D eigenvalue weighted by Crippen LogP contribution is -2.60. The molecule has 0 amide bonds. The molecule has 0 saturated carbocycles. The second kappa shape index (κ2) is 10.8. The lowest BCUT2D eigenvalue weighted by atomic mass is 9.33. The Labute approximate surface area is 274 Å². The van der Waals surface area contributed by atoms with Gasteiger partial charge in [-0.3, -0.25) is 0 Å². The standard InChI is InChI=1S/C42H32BNOS/c1-3-5-12-30(4-2)44-35-15-10-16-37-42(35)43(41-31-13-7-6-11-29(31)20-22-36(41)44)34-21-18-28(26-38(34)45-37)24-27-19-23-40-33(25-27)32-14-8-9-17-39(32)46-40/h4-23,25-26H,3,24H2,1-2H3/b12-5-,30-4+. The van der Waals surface area contributed by atoms with Crippen LogP contribution in [0.4, 0.5) is 11.4 Å². The molecular formula is C42H32BNOS. The van der Waals surface area contributed by atoms with Crippen molar-refractivity contribution in [3.05, 3.63) is 150 Å². The van der Waals surface area contributed by atoms with Crippen molar-refractivity contribution >= 4 is 76.8 Å². The Kier molecular flexibility index (Phi) is 6.39. The summed E-state index contributed by atoms with van der Waals surface area (Å²) < 4.78 is 9.51. The number of thiophene rings is 1. The number of benzene rings is 6.